The van der Waals surface area contributed by atoms with Gasteiger partial charge in [0.2, 0.25) is 0 Å². The Morgan fingerprint density at radius 2 is 2.21 bits per heavy atom. The maximum Gasteiger partial charge on any atom is 0.0451 e. The standard InChI is InChI=1S/C12H22N2/c1-5-12(7-6-9-13(2)3)8-10-14(4)11-12/h1H,6-11H2,2-4H3. The highest BCUT2D eigenvalue weighted by Gasteiger charge is 2.34. The van der Waals surface area contributed by atoms with Crippen molar-refractivity contribution in [1.29, 1.82) is 0 Å². The zero-order chi connectivity index (χ0) is 10.6. The summed E-state index contributed by atoms with van der Waals surface area (Å²) in [5.74, 6) is 3.02. The fourth-order valence-corrected chi connectivity index (χ4v) is 2.21. The van der Waals surface area contributed by atoms with Crippen molar-refractivity contribution < 1.29 is 0 Å². The summed E-state index contributed by atoms with van der Waals surface area (Å²) in [4.78, 5) is 4.57. The number of hydrogen-bond donors (Lipinski definition) is 0. The molecule has 80 valence electrons. The van der Waals surface area contributed by atoms with Crippen LogP contribution in [0, 0.1) is 17.8 Å². The molecule has 0 amide bonds. The van der Waals surface area contributed by atoms with Crippen LogP contribution in [0.5, 0.6) is 0 Å². The van der Waals surface area contributed by atoms with Crippen LogP contribution < -0.4 is 0 Å². The molecule has 0 saturated carbocycles. The molecule has 1 aliphatic rings. The predicted molar refractivity (Wildman–Crippen MR) is 61.2 cm³/mol. The van der Waals surface area contributed by atoms with Gasteiger partial charge in [0.05, 0.1) is 0 Å². The van der Waals surface area contributed by atoms with Crippen LogP contribution in [0.2, 0.25) is 0 Å². The summed E-state index contributed by atoms with van der Waals surface area (Å²) in [6.45, 7) is 3.39. The lowest BCUT2D eigenvalue weighted by Crippen LogP contribution is -2.25. The molecular formula is C12H22N2. The first-order chi connectivity index (χ1) is 6.58. The van der Waals surface area contributed by atoms with E-state index < -0.39 is 0 Å². The van der Waals surface area contributed by atoms with Gasteiger partial charge in [-0.25, -0.2) is 0 Å². The van der Waals surface area contributed by atoms with Gasteiger partial charge in [0.1, 0.15) is 0 Å². The Morgan fingerprint density at radius 1 is 1.50 bits per heavy atom. The van der Waals surface area contributed by atoms with E-state index >= 15 is 0 Å². The molecule has 14 heavy (non-hydrogen) atoms. The molecular weight excluding hydrogens is 172 g/mol. The summed E-state index contributed by atoms with van der Waals surface area (Å²) < 4.78 is 0. The summed E-state index contributed by atoms with van der Waals surface area (Å²) in [6.07, 6.45) is 9.22. The maximum atomic E-state index is 5.66. The lowest BCUT2D eigenvalue weighted by molar-refractivity contribution is 0.308. The van der Waals surface area contributed by atoms with Gasteiger partial charge in [-0.05, 0) is 53.5 Å². The predicted octanol–water partition coefficient (Wildman–Crippen LogP) is 1.28. The van der Waals surface area contributed by atoms with E-state index in [-0.39, 0.29) is 5.41 Å². The Bertz CT molecular complexity index is 217. The third-order valence-corrected chi connectivity index (χ3v) is 3.11. The van der Waals surface area contributed by atoms with Crippen molar-refractivity contribution in [3.05, 3.63) is 0 Å². The van der Waals surface area contributed by atoms with Gasteiger partial charge in [-0.3, -0.25) is 0 Å². The highest BCUT2D eigenvalue weighted by Crippen LogP contribution is 2.33. The molecule has 0 spiro atoms. The molecule has 1 aliphatic heterocycles. The molecule has 0 aromatic heterocycles. The topological polar surface area (TPSA) is 6.48 Å². The fraction of sp³-hybridized carbons (Fsp3) is 0.833. The van der Waals surface area contributed by atoms with Crippen molar-refractivity contribution in [3.8, 4) is 12.3 Å². The van der Waals surface area contributed by atoms with E-state index in [9.17, 15) is 0 Å². The highest BCUT2D eigenvalue weighted by molar-refractivity contribution is 5.09. The first-order valence-electron chi connectivity index (χ1n) is 5.39. The zero-order valence-electron chi connectivity index (χ0n) is 9.71. The van der Waals surface area contributed by atoms with Crippen LogP contribution in [0.15, 0.2) is 0 Å². The molecule has 1 rings (SSSR count). The molecule has 1 heterocycles. The zero-order valence-corrected chi connectivity index (χ0v) is 9.71. The van der Waals surface area contributed by atoms with Crippen LogP contribution in [0.25, 0.3) is 0 Å². The largest absolute Gasteiger partial charge is 0.309 e. The Morgan fingerprint density at radius 3 is 2.64 bits per heavy atom. The number of terminal acetylenes is 1. The Labute approximate surface area is 88.3 Å². The van der Waals surface area contributed by atoms with Crippen LogP contribution in [0.3, 0.4) is 0 Å². The van der Waals surface area contributed by atoms with Gasteiger partial charge in [0.25, 0.3) is 0 Å². The lowest BCUT2D eigenvalue weighted by Gasteiger charge is -2.23. The van der Waals surface area contributed by atoms with Gasteiger partial charge < -0.3 is 9.80 Å². The second kappa shape index (κ2) is 4.82. The molecule has 0 N–H and O–H groups in total. The normalized spacial score (nSPS) is 28.2. The average Bonchev–Trinajstić information content (AvgIpc) is 2.48. The number of likely N-dealkylation sites (tertiary alicyclic amines) is 1. The third kappa shape index (κ3) is 3.01. The Balaban J connectivity index is 2.36. The van der Waals surface area contributed by atoms with Crippen LogP contribution in [-0.2, 0) is 0 Å². The molecule has 2 heteroatoms. The lowest BCUT2D eigenvalue weighted by atomic mass is 9.83. The van der Waals surface area contributed by atoms with Gasteiger partial charge in [0, 0.05) is 12.0 Å². The third-order valence-electron chi connectivity index (χ3n) is 3.11. The van der Waals surface area contributed by atoms with Gasteiger partial charge in [-0.2, -0.15) is 0 Å². The van der Waals surface area contributed by atoms with Gasteiger partial charge in [0.15, 0.2) is 0 Å². The molecule has 0 aliphatic carbocycles. The second-order valence-corrected chi connectivity index (χ2v) is 4.82. The quantitative estimate of drug-likeness (QED) is 0.622. The van der Waals surface area contributed by atoms with Crippen LogP contribution in [0.4, 0.5) is 0 Å². The van der Waals surface area contributed by atoms with Crippen molar-refractivity contribution in [2.75, 3.05) is 40.8 Å². The monoisotopic (exact) mass is 194 g/mol. The first-order valence-corrected chi connectivity index (χ1v) is 5.39. The van der Waals surface area contributed by atoms with Crippen molar-refractivity contribution in [3.63, 3.8) is 0 Å². The molecule has 1 fully saturated rings. The first kappa shape index (κ1) is 11.6. The van der Waals surface area contributed by atoms with Crippen molar-refractivity contribution in [2.45, 2.75) is 19.3 Å². The second-order valence-electron chi connectivity index (χ2n) is 4.82. The molecule has 1 atom stereocenters. The van der Waals surface area contributed by atoms with Gasteiger partial charge in [-0.15, -0.1) is 6.42 Å². The molecule has 1 saturated heterocycles. The molecule has 0 bridgehead atoms. The minimum absolute atomic E-state index is 0.171. The van der Waals surface area contributed by atoms with E-state index in [4.69, 9.17) is 6.42 Å². The SMILES string of the molecule is C#CC1(CCCN(C)C)CCN(C)C1. The average molecular weight is 194 g/mol. The minimum atomic E-state index is 0.171. The van der Waals surface area contributed by atoms with E-state index in [1.807, 2.05) is 0 Å². The minimum Gasteiger partial charge on any atom is -0.309 e. The molecule has 0 aromatic carbocycles. The van der Waals surface area contributed by atoms with E-state index in [0.29, 0.717) is 0 Å². The van der Waals surface area contributed by atoms with Gasteiger partial charge in [-0.1, -0.05) is 5.92 Å². The molecule has 2 nitrogen and oxygen atoms in total. The summed E-state index contributed by atoms with van der Waals surface area (Å²) in [5, 5.41) is 0. The van der Waals surface area contributed by atoms with E-state index in [1.165, 1.54) is 19.3 Å². The molecule has 0 radical (unpaired) electrons. The van der Waals surface area contributed by atoms with Crippen molar-refractivity contribution in [2.24, 2.45) is 5.41 Å². The summed E-state index contributed by atoms with van der Waals surface area (Å²) >= 11 is 0. The van der Waals surface area contributed by atoms with Crippen molar-refractivity contribution >= 4 is 0 Å². The van der Waals surface area contributed by atoms with Crippen LogP contribution in [0.1, 0.15) is 19.3 Å². The van der Waals surface area contributed by atoms with Crippen molar-refractivity contribution in [1.82, 2.24) is 9.80 Å². The van der Waals surface area contributed by atoms with Crippen LogP contribution in [-0.4, -0.2) is 50.6 Å². The van der Waals surface area contributed by atoms with E-state index in [0.717, 1.165) is 19.6 Å². The highest BCUT2D eigenvalue weighted by atomic mass is 15.1. The van der Waals surface area contributed by atoms with E-state index in [2.05, 4.69) is 36.9 Å². The number of nitrogens with zero attached hydrogens (tertiary/aromatic N) is 2. The molecule has 1 unspecified atom stereocenters. The number of hydrogen-bond acceptors (Lipinski definition) is 2. The summed E-state index contributed by atoms with van der Waals surface area (Å²) in [5.41, 5.74) is 0.171. The summed E-state index contributed by atoms with van der Waals surface area (Å²) in [6, 6.07) is 0. The number of rotatable bonds is 4. The smallest absolute Gasteiger partial charge is 0.0451 e. The Hall–Kier alpha value is -0.520. The molecule has 0 aromatic rings. The Kier molecular flexibility index (Phi) is 3.97. The fourth-order valence-electron chi connectivity index (χ4n) is 2.21. The van der Waals surface area contributed by atoms with Crippen LogP contribution >= 0.6 is 0 Å². The van der Waals surface area contributed by atoms with E-state index in [1.54, 1.807) is 0 Å². The maximum absolute atomic E-state index is 5.66. The van der Waals surface area contributed by atoms with Gasteiger partial charge >= 0.3 is 0 Å². The summed E-state index contributed by atoms with van der Waals surface area (Å²) in [7, 11) is 6.39.